The Balaban J connectivity index is 0.00000242. The van der Waals surface area contributed by atoms with Gasteiger partial charge in [0.1, 0.15) is 0 Å². The number of hydrogen-bond donors (Lipinski definition) is 2. The minimum Gasteiger partial charge on any atom is -0.352 e. The molecule has 1 aromatic carbocycles. The summed E-state index contributed by atoms with van der Waals surface area (Å²) in [5.41, 5.74) is 8.33. The monoisotopic (exact) mass is 324 g/mol. The van der Waals surface area contributed by atoms with Crippen LogP contribution in [0.5, 0.6) is 0 Å². The van der Waals surface area contributed by atoms with Crippen molar-refractivity contribution in [3.05, 3.63) is 35.4 Å². The van der Waals surface area contributed by atoms with E-state index in [-0.39, 0.29) is 24.4 Å². The largest absolute Gasteiger partial charge is 0.352 e. The summed E-state index contributed by atoms with van der Waals surface area (Å²) in [7, 11) is 0. The number of carbonyl (C=O) groups excluding carboxylic acids is 1. The van der Waals surface area contributed by atoms with E-state index < -0.39 is 0 Å². The highest BCUT2D eigenvalue weighted by molar-refractivity contribution is 5.85. The summed E-state index contributed by atoms with van der Waals surface area (Å²) in [6.45, 7) is 2.63. The van der Waals surface area contributed by atoms with Crippen molar-refractivity contribution in [3.63, 3.8) is 0 Å². The van der Waals surface area contributed by atoms with Crippen LogP contribution in [0.15, 0.2) is 24.3 Å². The van der Waals surface area contributed by atoms with E-state index in [1.54, 1.807) is 0 Å². The summed E-state index contributed by atoms with van der Waals surface area (Å²) in [5, 5.41) is 3.15. The molecule has 4 heteroatoms. The van der Waals surface area contributed by atoms with Crippen molar-refractivity contribution in [2.24, 2.45) is 11.7 Å². The summed E-state index contributed by atoms with van der Waals surface area (Å²) in [4.78, 5) is 12.1. The minimum absolute atomic E-state index is 0. The number of amides is 1. The van der Waals surface area contributed by atoms with E-state index in [2.05, 4.69) is 36.5 Å². The van der Waals surface area contributed by atoms with Gasteiger partial charge >= 0.3 is 0 Å². The van der Waals surface area contributed by atoms with Crippen LogP contribution in [0.4, 0.5) is 0 Å². The molecule has 1 aliphatic carbocycles. The van der Waals surface area contributed by atoms with Crippen molar-refractivity contribution in [2.45, 2.75) is 57.9 Å². The normalized spacial score (nSPS) is 16.6. The van der Waals surface area contributed by atoms with Crippen molar-refractivity contribution >= 4 is 18.3 Å². The van der Waals surface area contributed by atoms with Gasteiger partial charge in [-0.3, -0.25) is 4.79 Å². The molecule has 3 nitrogen and oxygen atoms in total. The molecular formula is C18H29ClN2O. The van der Waals surface area contributed by atoms with Crippen LogP contribution >= 0.6 is 12.4 Å². The van der Waals surface area contributed by atoms with Crippen LogP contribution in [0.3, 0.4) is 0 Å². The summed E-state index contributed by atoms with van der Waals surface area (Å²) < 4.78 is 0. The number of hydrogen-bond acceptors (Lipinski definition) is 2. The minimum atomic E-state index is 0. The van der Waals surface area contributed by atoms with Gasteiger partial charge in [0.25, 0.3) is 0 Å². The summed E-state index contributed by atoms with van der Waals surface area (Å²) in [6, 6.07) is 8.56. The highest BCUT2D eigenvalue weighted by Gasteiger charge is 2.23. The molecule has 0 saturated heterocycles. The predicted molar refractivity (Wildman–Crippen MR) is 94.3 cm³/mol. The molecule has 124 valence electrons. The Kier molecular flexibility index (Phi) is 8.51. The number of benzene rings is 1. The fraction of sp³-hybridized carbons (Fsp3) is 0.611. The lowest BCUT2D eigenvalue weighted by Gasteiger charge is -2.30. The summed E-state index contributed by atoms with van der Waals surface area (Å²) in [6.07, 6.45) is 7.65. The molecule has 0 spiro atoms. The average Bonchev–Trinajstić information content (AvgIpc) is 2.53. The van der Waals surface area contributed by atoms with Crippen molar-refractivity contribution in [2.75, 3.05) is 6.54 Å². The number of nitrogens with two attached hydrogens (primary N) is 1. The quantitative estimate of drug-likeness (QED) is 0.843. The molecule has 1 fully saturated rings. The van der Waals surface area contributed by atoms with Gasteiger partial charge in [-0.05, 0) is 37.7 Å². The van der Waals surface area contributed by atoms with Crippen molar-refractivity contribution in [1.82, 2.24) is 5.32 Å². The van der Waals surface area contributed by atoms with Gasteiger partial charge in [-0.15, -0.1) is 12.4 Å². The second-order valence-electron chi connectivity index (χ2n) is 6.29. The maximum atomic E-state index is 12.1. The van der Waals surface area contributed by atoms with Crippen LogP contribution in [-0.4, -0.2) is 18.5 Å². The molecule has 3 N–H and O–H groups in total. The van der Waals surface area contributed by atoms with Crippen molar-refractivity contribution < 1.29 is 4.79 Å². The first-order valence-electron chi connectivity index (χ1n) is 8.24. The number of carbonyl (C=O) groups is 1. The third-order valence-corrected chi connectivity index (χ3v) is 4.58. The second kappa shape index (κ2) is 9.86. The molecule has 1 unspecified atom stereocenters. The standard InChI is InChI=1S/C18H28N2O.ClH/c1-14-7-9-15(10-8-14)11-12-18(21)20-17(13-19)16-5-3-2-4-6-16;/h7-10,16-17H,2-6,11-13,19H2,1H3,(H,20,21);1H. The van der Waals surface area contributed by atoms with Crippen LogP contribution in [0, 0.1) is 12.8 Å². The highest BCUT2D eigenvalue weighted by atomic mass is 35.5. The van der Waals surface area contributed by atoms with Gasteiger partial charge < -0.3 is 11.1 Å². The number of halogens is 1. The van der Waals surface area contributed by atoms with Gasteiger partial charge in [-0.25, -0.2) is 0 Å². The average molecular weight is 325 g/mol. The van der Waals surface area contributed by atoms with Crippen LogP contribution in [0.25, 0.3) is 0 Å². The van der Waals surface area contributed by atoms with Gasteiger partial charge in [-0.1, -0.05) is 49.1 Å². The molecule has 0 bridgehead atoms. The summed E-state index contributed by atoms with van der Waals surface area (Å²) >= 11 is 0. The Bertz CT molecular complexity index is 441. The number of aryl methyl sites for hydroxylation is 2. The molecule has 0 radical (unpaired) electrons. The molecule has 1 aromatic rings. The zero-order valence-corrected chi connectivity index (χ0v) is 14.3. The molecule has 0 heterocycles. The molecule has 0 aromatic heterocycles. The van der Waals surface area contributed by atoms with E-state index in [0.29, 0.717) is 18.9 Å². The third-order valence-electron chi connectivity index (χ3n) is 4.58. The van der Waals surface area contributed by atoms with Gasteiger partial charge in [0.15, 0.2) is 0 Å². The molecule has 1 saturated carbocycles. The predicted octanol–water partition coefficient (Wildman–Crippen LogP) is 3.37. The van der Waals surface area contributed by atoms with E-state index in [4.69, 9.17) is 5.73 Å². The smallest absolute Gasteiger partial charge is 0.220 e. The SMILES string of the molecule is Cc1ccc(CCC(=O)NC(CN)C2CCCCC2)cc1.Cl. The lowest BCUT2D eigenvalue weighted by atomic mass is 9.84. The van der Waals surface area contributed by atoms with Gasteiger partial charge in [-0.2, -0.15) is 0 Å². The van der Waals surface area contributed by atoms with E-state index in [9.17, 15) is 4.79 Å². The van der Waals surface area contributed by atoms with Crippen molar-refractivity contribution in [1.29, 1.82) is 0 Å². The highest BCUT2D eigenvalue weighted by Crippen LogP contribution is 2.26. The molecule has 1 aliphatic rings. The maximum Gasteiger partial charge on any atom is 0.220 e. The molecule has 0 aliphatic heterocycles. The molecule has 1 amide bonds. The fourth-order valence-electron chi connectivity index (χ4n) is 3.20. The van der Waals surface area contributed by atoms with E-state index in [1.807, 2.05) is 0 Å². The van der Waals surface area contributed by atoms with Gasteiger partial charge in [0.05, 0.1) is 0 Å². The van der Waals surface area contributed by atoms with E-state index >= 15 is 0 Å². The lowest BCUT2D eigenvalue weighted by molar-refractivity contribution is -0.122. The zero-order chi connectivity index (χ0) is 15.1. The third kappa shape index (κ3) is 5.98. The van der Waals surface area contributed by atoms with E-state index in [0.717, 1.165) is 6.42 Å². The Hall–Kier alpha value is -1.06. The first-order valence-corrected chi connectivity index (χ1v) is 8.24. The van der Waals surface area contributed by atoms with E-state index in [1.165, 1.54) is 43.2 Å². The topological polar surface area (TPSA) is 55.1 Å². The molecule has 1 atom stereocenters. The summed E-state index contributed by atoms with van der Waals surface area (Å²) in [5.74, 6) is 0.712. The first kappa shape index (κ1) is 19.0. The Morgan fingerprint density at radius 1 is 1.23 bits per heavy atom. The first-order chi connectivity index (χ1) is 10.2. The molecule has 22 heavy (non-hydrogen) atoms. The second-order valence-corrected chi connectivity index (χ2v) is 6.29. The van der Waals surface area contributed by atoms with Crippen LogP contribution in [-0.2, 0) is 11.2 Å². The van der Waals surface area contributed by atoms with Gasteiger partial charge in [0.2, 0.25) is 5.91 Å². The van der Waals surface area contributed by atoms with Crippen LogP contribution in [0.1, 0.15) is 49.7 Å². The van der Waals surface area contributed by atoms with Crippen LogP contribution in [0.2, 0.25) is 0 Å². The fourth-order valence-corrected chi connectivity index (χ4v) is 3.20. The maximum absolute atomic E-state index is 12.1. The van der Waals surface area contributed by atoms with Crippen molar-refractivity contribution in [3.8, 4) is 0 Å². The molecular weight excluding hydrogens is 296 g/mol. The van der Waals surface area contributed by atoms with Gasteiger partial charge in [0, 0.05) is 19.0 Å². The number of rotatable bonds is 6. The Morgan fingerprint density at radius 3 is 2.45 bits per heavy atom. The lowest BCUT2D eigenvalue weighted by Crippen LogP contribution is -2.45. The van der Waals surface area contributed by atoms with Crippen LogP contribution < -0.4 is 11.1 Å². The molecule has 2 rings (SSSR count). The Labute approximate surface area is 140 Å². The zero-order valence-electron chi connectivity index (χ0n) is 13.5. The number of nitrogens with one attached hydrogen (secondary N) is 1. The Morgan fingerprint density at radius 2 is 1.86 bits per heavy atom.